The number of pyridine rings is 2. The van der Waals surface area contributed by atoms with Crippen LogP contribution in [0.3, 0.4) is 0 Å². The van der Waals surface area contributed by atoms with Crippen LogP contribution in [-0.2, 0) is 6.42 Å². The first kappa shape index (κ1) is 14.8. The van der Waals surface area contributed by atoms with Crippen molar-refractivity contribution in [3.63, 3.8) is 0 Å². The highest BCUT2D eigenvalue weighted by Crippen LogP contribution is 2.25. The maximum absolute atomic E-state index is 12.5. The van der Waals surface area contributed by atoms with Gasteiger partial charge < -0.3 is 4.90 Å². The van der Waals surface area contributed by atoms with Crippen LogP contribution in [-0.4, -0.2) is 33.9 Å². The Morgan fingerprint density at radius 2 is 2.04 bits per heavy atom. The molecule has 4 heteroatoms. The standard InChI is InChI=1S/C20H19N3O/c24-20(17-4-3-9-21-13-17)23-11-8-15(14-23)12-16-7-10-22-19-6-2-1-5-18(16)19/h1-7,9-10,13,15H,8,11-12,14H2. The summed E-state index contributed by atoms with van der Waals surface area (Å²) in [5.74, 6) is 0.585. The first-order chi connectivity index (χ1) is 11.8. The lowest BCUT2D eigenvalue weighted by atomic mass is 9.96. The number of likely N-dealkylation sites (tertiary alicyclic amines) is 1. The first-order valence-electron chi connectivity index (χ1n) is 8.33. The fourth-order valence-corrected chi connectivity index (χ4v) is 3.50. The van der Waals surface area contributed by atoms with E-state index in [2.05, 4.69) is 28.2 Å². The third kappa shape index (κ3) is 2.87. The van der Waals surface area contributed by atoms with Gasteiger partial charge in [-0.2, -0.15) is 0 Å². The molecule has 0 radical (unpaired) electrons. The van der Waals surface area contributed by atoms with Gasteiger partial charge in [-0.25, -0.2) is 0 Å². The molecule has 1 fully saturated rings. The number of nitrogens with zero attached hydrogens (tertiary/aromatic N) is 3. The Labute approximate surface area is 141 Å². The van der Waals surface area contributed by atoms with Gasteiger partial charge in [0.05, 0.1) is 11.1 Å². The Kier molecular flexibility index (Phi) is 3.95. The number of hydrogen-bond acceptors (Lipinski definition) is 3. The van der Waals surface area contributed by atoms with Gasteiger partial charge in [-0.3, -0.25) is 14.8 Å². The first-order valence-corrected chi connectivity index (χ1v) is 8.33. The molecule has 120 valence electrons. The molecule has 1 aromatic carbocycles. The minimum Gasteiger partial charge on any atom is -0.338 e. The molecule has 1 unspecified atom stereocenters. The molecule has 24 heavy (non-hydrogen) atoms. The number of rotatable bonds is 3. The van der Waals surface area contributed by atoms with E-state index in [0.717, 1.165) is 31.4 Å². The SMILES string of the molecule is O=C(c1cccnc1)N1CCC(Cc2ccnc3ccccc23)C1. The molecule has 1 saturated heterocycles. The third-order valence-electron chi connectivity index (χ3n) is 4.73. The lowest BCUT2D eigenvalue weighted by Gasteiger charge is -2.17. The van der Waals surface area contributed by atoms with E-state index in [1.54, 1.807) is 12.4 Å². The van der Waals surface area contributed by atoms with Gasteiger partial charge in [-0.05, 0) is 48.6 Å². The van der Waals surface area contributed by atoms with E-state index in [1.807, 2.05) is 35.4 Å². The molecule has 1 aliphatic heterocycles. The second-order valence-corrected chi connectivity index (χ2v) is 6.34. The summed E-state index contributed by atoms with van der Waals surface area (Å²) < 4.78 is 0. The van der Waals surface area contributed by atoms with E-state index in [-0.39, 0.29) is 5.91 Å². The third-order valence-corrected chi connectivity index (χ3v) is 4.73. The summed E-state index contributed by atoms with van der Waals surface area (Å²) in [5.41, 5.74) is 3.03. The molecule has 0 aliphatic carbocycles. The van der Waals surface area contributed by atoms with Crippen molar-refractivity contribution in [1.82, 2.24) is 14.9 Å². The van der Waals surface area contributed by atoms with Crippen molar-refractivity contribution < 1.29 is 4.79 Å². The second-order valence-electron chi connectivity index (χ2n) is 6.34. The molecule has 0 N–H and O–H groups in total. The molecule has 1 aliphatic rings. The molecule has 4 rings (SSSR count). The Hall–Kier alpha value is -2.75. The number of carbonyl (C=O) groups excluding carboxylic acids is 1. The van der Waals surface area contributed by atoms with Crippen molar-refractivity contribution in [2.45, 2.75) is 12.8 Å². The van der Waals surface area contributed by atoms with Gasteiger partial charge in [0, 0.05) is 37.1 Å². The maximum Gasteiger partial charge on any atom is 0.255 e. The van der Waals surface area contributed by atoms with Crippen LogP contribution < -0.4 is 0 Å². The Balaban J connectivity index is 1.48. The number of benzene rings is 1. The average molecular weight is 317 g/mol. The normalized spacial score (nSPS) is 17.3. The van der Waals surface area contributed by atoms with Crippen LogP contribution in [0.2, 0.25) is 0 Å². The van der Waals surface area contributed by atoms with E-state index < -0.39 is 0 Å². The van der Waals surface area contributed by atoms with Gasteiger partial charge in [-0.15, -0.1) is 0 Å². The maximum atomic E-state index is 12.5. The van der Waals surface area contributed by atoms with E-state index in [0.29, 0.717) is 11.5 Å². The number of para-hydroxylation sites is 1. The molecule has 3 aromatic rings. The van der Waals surface area contributed by atoms with Crippen molar-refractivity contribution in [3.05, 3.63) is 72.2 Å². The minimum absolute atomic E-state index is 0.0881. The second kappa shape index (κ2) is 6.40. The van der Waals surface area contributed by atoms with Crippen molar-refractivity contribution in [3.8, 4) is 0 Å². The average Bonchev–Trinajstić information content (AvgIpc) is 3.11. The zero-order valence-corrected chi connectivity index (χ0v) is 13.4. The predicted octanol–water partition coefficient (Wildman–Crippen LogP) is 3.33. The van der Waals surface area contributed by atoms with Crippen LogP contribution >= 0.6 is 0 Å². The number of amides is 1. The fourth-order valence-electron chi connectivity index (χ4n) is 3.50. The van der Waals surface area contributed by atoms with E-state index >= 15 is 0 Å². The molecule has 4 nitrogen and oxygen atoms in total. The molecule has 0 bridgehead atoms. The Morgan fingerprint density at radius 3 is 2.92 bits per heavy atom. The highest BCUT2D eigenvalue weighted by Gasteiger charge is 2.27. The molecular weight excluding hydrogens is 298 g/mol. The molecule has 0 saturated carbocycles. The van der Waals surface area contributed by atoms with Gasteiger partial charge in [0.15, 0.2) is 0 Å². The summed E-state index contributed by atoms with van der Waals surface area (Å²) >= 11 is 0. The molecule has 1 amide bonds. The van der Waals surface area contributed by atoms with Crippen LogP contribution in [0.1, 0.15) is 22.3 Å². The molecule has 1 atom stereocenters. The van der Waals surface area contributed by atoms with Gasteiger partial charge in [0.2, 0.25) is 0 Å². The topological polar surface area (TPSA) is 46.1 Å². The summed E-state index contributed by atoms with van der Waals surface area (Å²) in [6, 6.07) is 14.0. The van der Waals surface area contributed by atoms with Gasteiger partial charge in [-0.1, -0.05) is 18.2 Å². The number of aromatic nitrogens is 2. The highest BCUT2D eigenvalue weighted by molar-refractivity contribution is 5.94. The van der Waals surface area contributed by atoms with Gasteiger partial charge in [0.25, 0.3) is 5.91 Å². The molecule has 3 heterocycles. The summed E-state index contributed by atoms with van der Waals surface area (Å²) in [4.78, 5) is 23.0. The van der Waals surface area contributed by atoms with Gasteiger partial charge >= 0.3 is 0 Å². The summed E-state index contributed by atoms with van der Waals surface area (Å²) in [6.07, 6.45) is 7.25. The smallest absolute Gasteiger partial charge is 0.255 e. The van der Waals surface area contributed by atoms with Crippen LogP contribution in [0.15, 0.2) is 61.1 Å². The zero-order chi connectivity index (χ0) is 16.4. The van der Waals surface area contributed by atoms with Crippen molar-refractivity contribution in [2.75, 3.05) is 13.1 Å². The summed E-state index contributed by atoms with van der Waals surface area (Å²) in [5, 5.41) is 1.22. The van der Waals surface area contributed by atoms with Crippen molar-refractivity contribution >= 4 is 16.8 Å². The van der Waals surface area contributed by atoms with Crippen molar-refractivity contribution in [2.24, 2.45) is 5.92 Å². The number of carbonyl (C=O) groups is 1. The van der Waals surface area contributed by atoms with Crippen LogP contribution in [0.4, 0.5) is 0 Å². The Morgan fingerprint density at radius 1 is 1.12 bits per heavy atom. The van der Waals surface area contributed by atoms with Crippen LogP contribution in [0.25, 0.3) is 10.9 Å². The minimum atomic E-state index is 0.0881. The van der Waals surface area contributed by atoms with E-state index in [1.165, 1.54) is 10.9 Å². The highest BCUT2D eigenvalue weighted by atomic mass is 16.2. The summed E-state index contributed by atoms with van der Waals surface area (Å²) in [7, 11) is 0. The number of hydrogen-bond donors (Lipinski definition) is 0. The lowest BCUT2D eigenvalue weighted by Crippen LogP contribution is -2.29. The monoisotopic (exact) mass is 317 g/mol. The Bertz CT molecular complexity index is 858. The molecule has 2 aromatic heterocycles. The van der Waals surface area contributed by atoms with E-state index in [4.69, 9.17) is 0 Å². The van der Waals surface area contributed by atoms with E-state index in [9.17, 15) is 4.79 Å². The predicted molar refractivity (Wildman–Crippen MR) is 93.7 cm³/mol. The summed E-state index contributed by atoms with van der Waals surface area (Å²) in [6.45, 7) is 1.63. The zero-order valence-electron chi connectivity index (χ0n) is 13.4. The van der Waals surface area contributed by atoms with Crippen LogP contribution in [0, 0.1) is 5.92 Å². The van der Waals surface area contributed by atoms with Gasteiger partial charge in [0.1, 0.15) is 0 Å². The van der Waals surface area contributed by atoms with Crippen molar-refractivity contribution in [1.29, 1.82) is 0 Å². The fraction of sp³-hybridized carbons (Fsp3) is 0.250. The lowest BCUT2D eigenvalue weighted by molar-refractivity contribution is 0.0786. The van der Waals surface area contributed by atoms with Crippen LogP contribution in [0.5, 0.6) is 0 Å². The molecule has 0 spiro atoms. The molecular formula is C20H19N3O. The quantitative estimate of drug-likeness (QED) is 0.744. The largest absolute Gasteiger partial charge is 0.338 e. The number of fused-ring (bicyclic) bond motifs is 1.